The number of carbonyl (C=O) groups is 1. The molecule has 6 heteroatoms. The molecule has 1 aromatic rings. The molecule has 3 rings (SSSR count). The maximum Gasteiger partial charge on any atom is 0.223 e. The van der Waals surface area contributed by atoms with Gasteiger partial charge in [-0.05, 0) is 38.8 Å². The van der Waals surface area contributed by atoms with Gasteiger partial charge in [-0.1, -0.05) is 13.0 Å². The molecule has 0 radical (unpaired) electrons. The minimum atomic E-state index is -0.589. The maximum atomic E-state index is 14.0. The van der Waals surface area contributed by atoms with Gasteiger partial charge in [-0.15, -0.1) is 0 Å². The predicted molar refractivity (Wildman–Crippen MR) is 88.1 cm³/mol. The molecule has 2 aliphatic rings. The molecular formula is C18H25F2N3O. The summed E-state index contributed by atoms with van der Waals surface area (Å²) in [5.41, 5.74) is 5.83. The standard InChI is InChI=1S/C18H25F2N3O/c1-10(15-11(2)22-23-12(15)3)17(24)21-9-18(7-8-18)16-13(19)5-4-6-14(16)20/h4-6,10-12,15,22-23H,7-9H2,1-3H3,(H,21,24). The Balaban J connectivity index is 1.66. The Morgan fingerprint density at radius 1 is 1.25 bits per heavy atom. The topological polar surface area (TPSA) is 53.2 Å². The number of hydrazine groups is 1. The van der Waals surface area contributed by atoms with Crippen molar-refractivity contribution >= 4 is 5.91 Å². The summed E-state index contributed by atoms with van der Waals surface area (Å²) < 4.78 is 28.1. The number of carbonyl (C=O) groups excluding carboxylic acids is 1. The first kappa shape index (κ1) is 17.3. The van der Waals surface area contributed by atoms with Gasteiger partial charge in [-0.25, -0.2) is 8.78 Å². The van der Waals surface area contributed by atoms with E-state index in [1.54, 1.807) is 0 Å². The quantitative estimate of drug-likeness (QED) is 0.772. The van der Waals surface area contributed by atoms with E-state index in [0.717, 1.165) is 0 Å². The SMILES string of the molecule is CC1NNC(C)C1C(C)C(=O)NCC1(c2c(F)cccc2F)CC1. The van der Waals surface area contributed by atoms with Crippen LogP contribution in [0.2, 0.25) is 0 Å². The Kier molecular flexibility index (Phi) is 4.62. The molecule has 1 amide bonds. The Labute approximate surface area is 141 Å². The third-order valence-corrected chi connectivity index (χ3v) is 5.63. The first-order chi connectivity index (χ1) is 11.4. The van der Waals surface area contributed by atoms with Crippen LogP contribution in [0.1, 0.15) is 39.2 Å². The number of hydrogen-bond donors (Lipinski definition) is 3. The van der Waals surface area contributed by atoms with Crippen LogP contribution in [0.4, 0.5) is 8.78 Å². The summed E-state index contributed by atoms with van der Waals surface area (Å²) in [4.78, 5) is 12.5. The Bertz CT molecular complexity index is 602. The van der Waals surface area contributed by atoms with Crippen molar-refractivity contribution in [2.45, 2.75) is 51.1 Å². The molecule has 1 saturated heterocycles. The van der Waals surface area contributed by atoms with Crippen LogP contribution < -0.4 is 16.2 Å². The molecule has 2 fully saturated rings. The lowest BCUT2D eigenvalue weighted by atomic mass is 9.83. The van der Waals surface area contributed by atoms with Crippen molar-refractivity contribution < 1.29 is 13.6 Å². The monoisotopic (exact) mass is 337 g/mol. The molecule has 3 atom stereocenters. The number of halogens is 2. The van der Waals surface area contributed by atoms with Crippen molar-refractivity contribution in [2.24, 2.45) is 11.8 Å². The van der Waals surface area contributed by atoms with E-state index in [2.05, 4.69) is 16.2 Å². The highest BCUT2D eigenvalue weighted by Gasteiger charge is 2.48. The van der Waals surface area contributed by atoms with Crippen molar-refractivity contribution in [2.75, 3.05) is 6.54 Å². The van der Waals surface area contributed by atoms with Gasteiger partial charge in [-0.3, -0.25) is 15.6 Å². The number of benzene rings is 1. The van der Waals surface area contributed by atoms with Crippen LogP contribution in [0, 0.1) is 23.5 Å². The highest BCUT2D eigenvalue weighted by Crippen LogP contribution is 2.49. The summed E-state index contributed by atoms with van der Waals surface area (Å²) in [6, 6.07) is 4.32. The zero-order valence-corrected chi connectivity index (χ0v) is 14.3. The first-order valence-corrected chi connectivity index (χ1v) is 8.59. The second-order valence-corrected chi connectivity index (χ2v) is 7.33. The molecule has 4 nitrogen and oxygen atoms in total. The summed E-state index contributed by atoms with van der Waals surface area (Å²) in [6.07, 6.45) is 1.39. The average Bonchev–Trinajstić information content (AvgIpc) is 3.23. The fourth-order valence-electron chi connectivity index (χ4n) is 4.02. The van der Waals surface area contributed by atoms with Gasteiger partial charge in [-0.2, -0.15) is 0 Å². The molecule has 0 spiro atoms. The van der Waals surface area contributed by atoms with Crippen LogP contribution in [0.5, 0.6) is 0 Å². The van der Waals surface area contributed by atoms with Crippen molar-refractivity contribution in [1.29, 1.82) is 0 Å². The molecule has 0 aromatic heterocycles. The van der Waals surface area contributed by atoms with Crippen molar-refractivity contribution in [1.82, 2.24) is 16.2 Å². The summed E-state index contributed by atoms with van der Waals surface area (Å²) >= 11 is 0. The molecule has 3 unspecified atom stereocenters. The fraction of sp³-hybridized carbons (Fsp3) is 0.611. The molecule has 1 heterocycles. The average molecular weight is 337 g/mol. The first-order valence-electron chi connectivity index (χ1n) is 8.59. The lowest BCUT2D eigenvalue weighted by molar-refractivity contribution is -0.126. The predicted octanol–water partition coefficient (Wildman–Crippen LogP) is 2.25. The van der Waals surface area contributed by atoms with Gasteiger partial charge in [0.15, 0.2) is 0 Å². The van der Waals surface area contributed by atoms with Crippen LogP contribution in [0.25, 0.3) is 0 Å². The van der Waals surface area contributed by atoms with Gasteiger partial charge in [0.25, 0.3) is 0 Å². The van der Waals surface area contributed by atoms with Crippen molar-refractivity contribution in [3.63, 3.8) is 0 Å². The second-order valence-electron chi connectivity index (χ2n) is 7.33. The summed E-state index contributed by atoms with van der Waals surface area (Å²) in [5, 5.41) is 2.93. The zero-order chi connectivity index (χ0) is 17.5. The van der Waals surface area contributed by atoms with Crippen LogP contribution in [0.15, 0.2) is 18.2 Å². The third-order valence-electron chi connectivity index (χ3n) is 5.63. The number of amides is 1. The smallest absolute Gasteiger partial charge is 0.223 e. The summed E-state index contributed by atoms with van der Waals surface area (Å²) in [7, 11) is 0. The zero-order valence-electron chi connectivity index (χ0n) is 14.3. The van der Waals surface area contributed by atoms with E-state index < -0.39 is 17.0 Å². The Morgan fingerprint density at radius 3 is 2.29 bits per heavy atom. The van der Waals surface area contributed by atoms with Gasteiger partial charge >= 0.3 is 0 Å². The van der Waals surface area contributed by atoms with Crippen LogP contribution in [0.3, 0.4) is 0 Å². The van der Waals surface area contributed by atoms with E-state index >= 15 is 0 Å². The maximum absolute atomic E-state index is 14.0. The van der Waals surface area contributed by atoms with Crippen molar-refractivity contribution in [3.8, 4) is 0 Å². The second kappa shape index (κ2) is 6.41. The minimum absolute atomic E-state index is 0.0628. The van der Waals surface area contributed by atoms with Crippen LogP contribution in [-0.2, 0) is 10.2 Å². The number of rotatable bonds is 5. The highest BCUT2D eigenvalue weighted by atomic mass is 19.1. The normalized spacial score (nSPS) is 29.3. The highest BCUT2D eigenvalue weighted by molar-refractivity contribution is 5.79. The van der Waals surface area contributed by atoms with E-state index in [0.29, 0.717) is 12.8 Å². The van der Waals surface area contributed by atoms with Gasteiger partial charge < -0.3 is 5.32 Å². The van der Waals surface area contributed by atoms with Gasteiger partial charge in [0.2, 0.25) is 5.91 Å². The summed E-state index contributed by atoms with van der Waals surface area (Å²) in [6.45, 7) is 6.28. The lowest BCUT2D eigenvalue weighted by Crippen LogP contribution is -2.42. The van der Waals surface area contributed by atoms with Crippen LogP contribution in [-0.4, -0.2) is 24.5 Å². The van der Waals surface area contributed by atoms with E-state index in [1.165, 1.54) is 18.2 Å². The molecule has 1 aromatic carbocycles. The molecule has 1 saturated carbocycles. The fourth-order valence-corrected chi connectivity index (χ4v) is 4.02. The Morgan fingerprint density at radius 2 is 1.79 bits per heavy atom. The molecule has 1 aliphatic carbocycles. The molecular weight excluding hydrogens is 312 g/mol. The van der Waals surface area contributed by atoms with Crippen LogP contribution >= 0.6 is 0 Å². The van der Waals surface area contributed by atoms with E-state index in [1.807, 2.05) is 20.8 Å². The number of hydrogen-bond acceptors (Lipinski definition) is 3. The Hall–Kier alpha value is -1.53. The molecule has 3 N–H and O–H groups in total. The molecule has 1 aliphatic heterocycles. The van der Waals surface area contributed by atoms with E-state index in [4.69, 9.17) is 0 Å². The van der Waals surface area contributed by atoms with Crippen molar-refractivity contribution in [3.05, 3.63) is 35.4 Å². The third kappa shape index (κ3) is 3.05. The lowest BCUT2D eigenvalue weighted by Gasteiger charge is -2.26. The van der Waals surface area contributed by atoms with E-state index in [-0.39, 0.29) is 41.9 Å². The van der Waals surface area contributed by atoms with Gasteiger partial charge in [0.05, 0.1) is 0 Å². The minimum Gasteiger partial charge on any atom is -0.355 e. The molecule has 132 valence electrons. The number of nitrogens with one attached hydrogen (secondary N) is 3. The van der Waals surface area contributed by atoms with E-state index in [9.17, 15) is 13.6 Å². The van der Waals surface area contributed by atoms with Gasteiger partial charge in [0.1, 0.15) is 11.6 Å². The molecule has 0 bridgehead atoms. The summed E-state index contributed by atoms with van der Waals surface area (Å²) in [5.74, 6) is -1.13. The van der Waals surface area contributed by atoms with Gasteiger partial charge in [0, 0.05) is 41.4 Å². The largest absolute Gasteiger partial charge is 0.355 e. The molecule has 24 heavy (non-hydrogen) atoms.